The van der Waals surface area contributed by atoms with Gasteiger partial charge in [-0.3, -0.25) is 4.79 Å². The Labute approximate surface area is 156 Å². The number of hydrogen-bond acceptors (Lipinski definition) is 7. The molecule has 2 unspecified atom stereocenters. The summed E-state index contributed by atoms with van der Waals surface area (Å²) in [5.74, 6) is -0.576. The molecule has 0 aliphatic heterocycles. The van der Waals surface area contributed by atoms with Crippen LogP contribution in [0.3, 0.4) is 0 Å². The zero-order valence-corrected chi connectivity index (χ0v) is 15.7. The molecule has 3 heterocycles. The fourth-order valence-corrected chi connectivity index (χ4v) is 4.64. The molecule has 0 amide bonds. The average molecular weight is 385 g/mol. The Bertz CT molecular complexity index is 1130. The molecule has 0 aliphatic rings. The lowest BCUT2D eigenvalue weighted by Crippen LogP contribution is -2.21. The summed E-state index contributed by atoms with van der Waals surface area (Å²) in [6.07, 6.45) is 0.947. The van der Waals surface area contributed by atoms with Crippen LogP contribution in [0.2, 0.25) is 0 Å². The van der Waals surface area contributed by atoms with Crippen LogP contribution >= 0.6 is 22.7 Å². The van der Waals surface area contributed by atoms with E-state index in [2.05, 4.69) is 15.0 Å². The number of carbonyl (C=O) groups excluding carboxylic acids is 1. The number of fused-ring (bicyclic) bond motifs is 2. The number of hydrogen-bond donors (Lipinski definition) is 1. The van der Waals surface area contributed by atoms with Gasteiger partial charge in [0.25, 0.3) is 5.56 Å². The number of ether oxygens (including phenoxy) is 1. The van der Waals surface area contributed by atoms with Crippen molar-refractivity contribution < 1.29 is 9.53 Å². The van der Waals surface area contributed by atoms with E-state index in [0.29, 0.717) is 4.83 Å². The Morgan fingerprint density at radius 1 is 1.27 bits per heavy atom. The summed E-state index contributed by atoms with van der Waals surface area (Å²) < 4.78 is 6.73. The van der Waals surface area contributed by atoms with Gasteiger partial charge in [-0.1, -0.05) is 19.1 Å². The quantitative estimate of drug-likeness (QED) is 0.538. The number of thiazole rings is 1. The summed E-state index contributed by atoms with van der Waals surface area (Å²) in [5.41, 5.74) is 0.858. The lowest BCUT2D eigenvalue weighted by molar-refractivity contribution is 0.0296. The SMILES string of the molecule is CC(OC(=O)c1csc2nc[nH]c(=O)c12)C(C)c1nc2ccccc2s1. The second-order valence-electron chi connectivity index (χ2n) is 5.98. The lowest BCUT2D eigenvalue weighted by Gasteiger charge is -2.18. The van der Waals surface area contributed by atoms with E-state index in [4.69, 9.17) is 4.74 Å². The second kappa shape index (κ2) is 6.62. The van der Waals surface area contributed by atoms with E-state index < -0.39 is 5.97 Å². The van der Waals surface area contributed by atoms with Crippen LogP contribution in [-0.4, -0.2) is 27.0 Å². The number of aromatic amines is 1. The van der Waals surface area contributed by atoms with Crippen LogP contribution in [0.15, 0.2) is 40.8 Å². The third-order valence-electron chi connectivity index (χ3n) is 4.29. The molecule has 1 N–H and O–H groups in total. The van der Waals surface area contributed by atoms with Crippen LogP contribution in [0.1, 0.15) is 35.1 Å². The van der Waals surface area contributed by atoms with Crippen molar-refractivity contribution in [3.05, 3.63) is 56.9 Å². The third-order valence-corrected chi connectivity index (χ3v) is 6.42. The van der Waals surface area contributed by atoms with Crippen molar-refractivity contribution in [3.63, 3.8) is 0 Å². The molecule has 0 bridgehead atoms. The molecule has 8 heteroatoms. The van der Waals surface area contributed by atoms with E-state index in [0.717, 1.165) is 15.2 Å². The van der Waals surface area contributed by atoms with Gasteiger partial charge >= 0.3 is 5.97 Å². The molecule has 0 fully saturated rings. The van der Waals surface area contributed by atoms with Crippen LogP contribution in [0.4, 0.5) is 0 Å². The largest absolute Gasteiger partial charge is 0.458 e. The highest BCUT2D eigenvalue weighted by Gasteiger charge is 2.24. The average Bonchev–Trinajstić information content (AvgIpc) is 3.25. The maximum Gasteiger partial charge on any atom is 0.340 e. The number of aromatic nitrogens is 3. The topological polar surface area (TPSA) is 84.9 Å². The van der Waals surface area contributed by atoms with Gasteiger partial charge in [0.15, 0.2) is 0 Å². The number of para-hydroxylation sites is 1. The van der Waals surface area contributed by atoms with E-state index in [-0.39, 0.29) is 28.5 Å². The number of rotatable bonds is 4. The highest BCUT2D eigenvalue weighted by atomic mass is 32.1. The highest BCUT2D eigenvalue weighted by Crippen LogP contribution is 2.31. The Morgan fingerprint density at radius 3 is 2.88 bits per heavy atom. The van der Waals surface area contributed by atoms with Crippen LogP contribution in [-0.2, 0) is 4.74 Å². The van der Waals surface area contributed by atoms with Gasteiger partial charge in [0.1, 0.15) is 15.9 Å². The summed E-state index contributed by atoms with van der Waals surface area (Å²) in [6, 6.07) is 7.92. The molecule has 3 aromatic heterocycles. The number of nitrogens with one attached hydrogen (secondary N) is 1. The summed E-state index contributed by atoms with van der Waals surface area (Å²) in [5, 5.41) is 2.81. The van der Waals surface area contributed by atoms with E-state index in [1.54, 1.807) is 16.7 Å². The normalized spacial score (nSPS) is 13.8. The Morgan fingerprint density at radius 2 is 2.08 bits per heavy atom. The number of nitrogens with zero attached hydrogens (tertiary/aromatic N) is 2. The third kappa shape index (κ3) is 2.91. The van der Waals surface area contributed by atoms with Crippen molar-refractivity contribution in [2.45, 2.75) is 25.9 Å². The fraction of sp³-hybridized carbons (Fsp3) is 0.222. The molecule has 1 aromatic carbocycles. The van der Waals surface area contributed by atoms with Crippen molar-refractivity contribution in [1.82, 2.24) is 15.0 Å². The number of thiophene rings is 1. The van der Waals surface area contributed by atoms with Crippen LogP contribution in [0.25, 0.3) is 20.4 Å². The molecule has 0 aliphatic carbocycles. The highest BCUT2D eigenvalue weighted by molar-refractivity contribution is 7.18. The monoisotopic (exact) mass is 385 g/mol. The van der Waals surface area contributed by atoms with Crippen molar-refractivity contribution >= 4 is 49.1 Å². The maximum atomic E-state index is 12.6. The number of carbonyl (C=O) groups is 1. The summed E-state index contributed by atoms with van der Waals surface area (Å²) >= 11 is 2.85. The summed E-state index contributed by atoms with van der Waals surface area (Å²) in [7, 11) is 0. The minimum absolute atomic E-state index is 0.0577. The standard InChI is InChI=1S/C18H15N3O3S2/c1-9(16-21-12-5-3-4-6-13(12)26-16)10(2)24-18(23)11-7-25-17-14(11)15(22)19-8-20-17/h3-10H,1-2H3,(H,19,20,22). The first kappa shape index (κ1) is 16.9. The van der Waals surface area contributed by atoms with Gasteiger partial charge in [-0.2, -0.15) is 0 Å². The molecule has 2 atom stereocenters. The van der Waals surface area contributed by atoms with Gasteiger partial charge in [0.2, 0.25) is 0 Å². The first-order valence-corrected chi connectivity index (χ1v) is 9.75. The summed E-state index contributed by atoms with van der Waals surface area (Å²) in [6.45, 7) is 3.82. The van der Waals surface area contributed by atoms with Gasteiger partial charge in [-0.25, -0.2) is 14.8 Å². The fourth-order valence-electron chi connectivity index (χ4n) is 2.65. The molecule has 0 spiro atoms. The maximum absolute atomic E-state index is 12.6. The Kier molecular flexibility index (Phi) is 4.29. The van der Waals surface area contributed by atoms with Gasteiger partial charge in [0.05, 0.1) is 27.5 Å². The first-order chi connectivity index (χ1) is 12.5. The van der Waals surface area contributed by atoms with Crippen LogP contribution in [0.5, 0.6) is 0 Å². The molecule has 4 aromatic rings. The minimum atomic E-state index is -0.518. The van der Waals surface area contributed by atoms with E-state index in [1.165, 1.54) is 17.7 Å². The predicted molar refractivity (Wildman–Crippen MR) is 103 cm³/mol. The van der Waals surface area contributed by atoms with Crippen LogP contribution < -0.4 is 5.56 Å². The smallest absolute Gasteiger partial charge is 0.340 e. The molecular formula is C18H15N3O3S2. The number of benzene rings is 1. The molecule has 4 rings (SSSR count). The second-order valence-corrected chi connectivity index (χ2v) is 7.90. The van der Waals surface area contributed by atoms with Crippen LogP contribution in [0, 0.1) is 0 Å². The van der Waals surface area contributed by atoms with E-state index in [9.17, 15) is 9.59 Å². The zero-order chi connectivity index (χ0) is 18.3. The molecule has 0 saturated carbocycles. The van der Waals surface area contributed by atoms with Crippen molar-refractivity contribution in [2.24, 2.45) is 0 Å². The van der Waals surface area contributed by atoms with Crippen molar-refractivity contribution in [2.75, 3.05) is 0 Å². The van der Waals surface area contributed by atoms with Gasteiger partial charge in [-0.15, -0.1) is 22.7 Å². The van der Waals surface area contributed by atoms with Gasteiger partial charge in [0, 0.05) is 11.3 Å². The lowest BCUT2D eigenvalue weighted by atomic mass is 10.1. The van der Waals surface area contributed by atoms with Crippen molar-refractivity contribution in [3.8, 4) is 0 Å². The number of H-pyrrole nitrogens is 1. The van der Waals surface area contributed by atoms with E-state index >= 15 is 0 Å². The molecule has 132 valence electrons. The minimum Gasteiger partial charge on any atom is -0.458 e. The molecule has 26 heavy (non-hydrogen) atoms. The molecular weight excluding hydrogens is 370 g/mol. The number of esters is 1. The van der Waals surface area contributed by atoms with Crippen molar-refractivity contribution in [1.29, 1.82) is 0 Å². The summed E-state index contributed by atoms with van der Waals surface area (Å²) in [4.78, 5) is 36.3. The molecule has 0 saturated heterocycles. The Balaban J connectivity index is 1.57. The molecule has 6 nitrogen and oxygen atoms in total. The van der Waals surface area contributed by atoms with Gasteiger partial charge < -0.3 is 9.72 Å². The first-order valence-electron chi connectivity index (χ1n) is 8.06. The Hall–Kier alpha value is -2.58. The zero-order valence-electron chi connectivity index (χ0n) is 14.1. The predicted octanol–water partition coefficient (Wildman–Crippen LogP) is 3.94. The van der Waals surface area contributed by atoms with Gasteiger partial charge in [-0.05, 0) is 19.1 Å². The molecule has 0 radical (unpaired) electrons. The van der Waals surface area contributed by atoms with E-state index in [1.807, 2.05) is 38.1 Å².